The van der Waals surface area contributed by atoms with Gasteiger partial charge in [-0.25, -0.2) is 4.98 Å². The van der Waals surface area contributed by atoms with Crippen LogP contribution in [0.3, 0.4) is 0 Å². The summed E-state index contributed by atoms with van der Waals surface area (Å²) >= 11 is 5.01. The standard InChI is InChI=1S/C23H20BrN3O2S/c1-2-28-21-13-17(9-12-20(21)29-15-16-7-10-18(24)11-8-16)14-25-27-23-26-19-5-3-4-6-22(19)30-23/h3-14H,2,15H2,1H3,(H,26,27)/b25-14+. The van der Waals surface area contributed by atoms with Gasteiger partial charge in [0.05, 0.1) is 23.0 Å². The lowest BCUT2D eigenvalue weighted by Crippen LogP contribution is -2.00. The Bertz CT molecular complexity index is 1130. The highest BCUT2D eigenvalue weighted by molar-refractivity contribution is 9.10. The molecular formula is C23H20BrN3O2S. The zero-order valence-corrected chi connectivity index (χ0v) is 18.7. The molecule has 0 fully saturated rings. The van der Waals surface area contributed by atoms with Gasteiger partial charge in [0.2, 0.25) is 5.13 Å². The van der Waals surface area contributed by atoms with Crippen LogP contribution in [0, 0.1) is 0 Å². The fourth-order valence-corrected chi connectivity index (χ4v) is 3.90. The minimum atomic E-state index is 0.472. The van der Waals surface area contributed by atoms with E-state index in [0.717, 1.165) is 30.9 Å². The van der Waals surface area contributed by atoms with Gasteiger partial charge in [-0.3, -0.25) is 5.43 Å². The largest absolute Gasteiger partial charge is 0.490 e. The van der Waals surface area contributed by atoms with Crippen LogP contribution in [-0.2, 0) is 6.61 Å². The Kier molecular flexibility index (Phi) is 6.61. The number of anilines is 1. The molecule has 0 atom stereocenters. The van der Waals surface area contributed by atoms with Crippen LogP contribution in [0.4, 0.5) is 5.13 Å². The quantitative estimate of drug-likeness (QED) is 0.231. The smallest absolute Gasteiger partial charge is 0.204 e. The third-order valence-corrected chi connectivity index (χ3v) is 5.71. The summed E-state index contributed by atoms with van der Waals surface area (Å²) in [4.78, 5) is 4.51. The first kappa shape index (κ1) is 20.4. The summed E-state index contributed by atoms with van der Waals surface area (Å²) in [6, 6.07) is 21.8. The molecule has 4 rings (SSSR count). The normalized spacial score (nSPS) is 11.1. The highest BCUT2D eigenvalue weighted by atomic mass is 79.9. The monoisotopic (exact) mass is 481 g/mol. The molecule has 0 aliphatic rings. The van der Waals surface area contributed by atoms with E-state index in [1.807, 2.05) is 73.7 Å². The fraction of sp³-hybridized carbons (Fsp3) is 0.130. The zero-order chi connectivity index (χ0) is 20.8. The second-order valence-corrected chi connectivity index (χ2v) is 8.36. The molecule has 0 unspecified atom stereocenters. The highest BCUT2D eigenvalue weighted by Gasteiger charge is 2.07. The van der Waals surface area contributed by atoms with Gasteiger partial charge in [-0.1, -0.05) is 51.5 Å². The summed E-state index contributed by atoms with van der Waals surface area (Å²) < 4.78 is 13.9. The Balaban J connectivity index is 1.43. The maximum atomic E-state index is 5.97. The number of hydrogen-bond donors (Lipinski definition) is 1. The van der Waals surface area contributed by atoms with Gasteiger partial charge in [0.15, 0.2) is 11.5 Å². The van der Waals surface area contributed by atoms with Crippen molar-refractivity contribution in [2.24, 2.45) is 5.10 Å². The number of hydrogen-bond acceptors (Lipinski definition) is 6. The summed E-state index contributed by atoms with van der Waals surface area (Å²) in [6.07, 6.45) is 1.74. The average Bonchev–Trinajstić information content (AvgIpc) is 3.17. The van der Waals surface area contributed by atoms with Crippen LogP contribution >= 0.6 is 27.3 Å². The molecule has 1 aromatic heterocycles. The van der Waals surface area contributed by atoms with Crippen LogP contribution in [-0.4, -0.2) is 17.8 Å². The van der Waals surface area contributed by atoms with Crippen molar-refractivity contribution in [3.8, 4) is 11.5 Å². The molecule has 0 saturated carbocycles. The number of rotatable bonds is 8. The summed E-state index contributed by atoms with van der Waals surface area (Å²) in [6.45, 7) is 2.98. The third kappa shape index (κ3) is 5.17. The SMILES string of the molecule is CCOc1cc(/C=N/Nc2nc3ccccc3s2)ccc1OCc1ccc(Br)cc1. The molecule has 0 bridgehead atoms. The van der Waals surface area contributed by atoms with Crippen molar-refractivity contribution in [1.82, 2.24) is 4.98 Å². The molecule has 3 aromatic carbocycles. The lowest BCUT2D eigenvalue weighted by atomic mass is 10.2. The number of thiazole rings is 1. The second kappa shape index (κ2) is 9.73. The van der Waals surface area contributed by atoms with E-state index in [-0.39, 0.29) is 0 Å². The van der Waals surface area contributed by atoms with Gasteiger partial charge in [-0.2, -0.15) is 5.10 Å². The molecule has 0 saturated heterocycles. The number of nitrogens with zero attached hydrogens (tertiary/aromatic N) is 2. The second-order valence-electron chi connectivity index (χ2n) is 6.41. The van der Waals surface area contributed by atoms with Crippen molar-refractivity contribution in [3.05, 3.63) is 82.3 Å². The molecule has 7 heteroatoms. The van der Waals surface area contributed by atoms with Crippen LogP contribution in [0.15, 0.2) is 76.3 Å². The predicted octanol–water partition coefficient (Wildman–Crippen LogP) is 6.48. The van der Waals surface area contributed by atoms with Gasteiger partial charge >= 0.3 is 0 Å². The number of halogens is 1. The molecular weight excluding hydrogens is 462 g/mol. The Morgan fingerprint density at radius 2 is 1.87 bits per heavy atom. The Morgan fingerprint density at radius 1 is 1.03 bits per heavy atom. The number of aromatic nitrogens is 1. The lowest BCUT2D eigenvalue weighted by molar-refractivity contribution is 0.269. The van der Waals surface area contributed by atoms with Gasteiger partial charge in [0.25, 0.3) is 0 Å². The first-order valence-corrected chi connectivity index (χ1v) is 11.1. The van der Waals surface area contributed by atoms with Gasteiger partial charge in [0.1, 0.15) is 6.61 Å². The van der Waals surface area contributed by atoms with Crippen LogP contribution in [0.2, 0.25) is 0 Å². The zero-order valence-electron chi connectivity index (χ0n) is 16.3. The number of nitrogens with one attached hydrogen (secondary N) is 1. The predicted molar refractivity (Wildman–Crippen MR) is 127 cm³/mol. The van der Waals surface area contributed by atoms with E-state index < -0.39 is 0 Å². The van der Waals surface area contributed by atoms with Gasteiger partial charge in [-0.05, 0) is 60.5 Å². The molecule has 152 valence electrons. The Hall–Kier alpha value is -2.90. The van der Waals surface area contributed by atoms with E-state index in [0.29, 0.717) is 24.7 Å². The van der Waals surface area contributed by atoms with Crippen LogP contribution in [0.5, 0.6) is 11.5 Å². The third-order valence-electron chi connectivity index (χ3n) is 4.24. The molecule has 5 nitrogen and oxygen atoms in total. The average molecular weight is 482 g/mol. The molecule has 0 spiro atoms. The number of fused-ring (bicyclic) bond motifs is 1. The maximum Gasteiger partial charge on any atom is 0.204 e. The Morgan fingerprint density at radius 3 is 2.67 bits per heavy atom. The van der Waals surface area contributed by atoms with Crippen LogP contribution < -0.4 is 14.9 Å². The summed E-state index contributed by atoms with van der Waals surface area (Å²) in [5, 5.41) is 5.07. The minimum absolute atomic E-state index is 0.472. The van der Waals surface area contributed by atoms with E-state index in [2.05, 4.69) is 31.4 Å². The van der Waals surface area contributed by atoms with Gasteiger partial charge in [-0.15, -0.1) is 0 Å². The van der Waals surface area contributed by atoms with Crippen molar-refractivity contribution >= 4 is 48.8 Å². The first-order chi connectivity index (χ1) is 14.7. The van der Waals surface area contributed by atoms with Crippen molar-refractivity contribution < 1.29 is 9.47 Å². The number of benzene rings is 3. The van der Waals surface area contributed by atoms with Crippen molar-refractivity contribution in [1.29, 1.82) is 0 Å². The topological polar surface area (TPSA) is 55.7 Å². The Labute approximate surface area is 187 Å². The fourth-order valence-electron chi connectivity index (χ4n) is 2.82. The summed E-state index contributed by atoms with van der Waals surface area (Å²) in [5.74, 6) is 1.40. The number of hydrazone groups is 1. The van der Waals surface area contributed by atoms with Crippen molar-refractivity contribution in [3.63, 3.8) is 0 Å². The number of para-hydroxylation sites is 1. The van der Waals surface area contributed by atoms with E-state index in [1.165, 1.54) is 0 Å². The van der Waals surface area contributed by atoms with Gasteiger partial charge < -0.3 is 9.47 Å². The van der Waals surface area contributed by atoms with E-state index >= 15 is 0 Å². The molecule has 30 heavy (non-hydrogen) atoms. The highest BCUT2D eigenvalue weighted by Crippen LogP contribution is 2.29. The van der Waals surface area contributed by atoms with E-state index in [1.54, 1.807) is 17.6 Å². The van der Waals surface area contributed by atoms with Gasteiger partial charge in [0, 0.05) is 4.47 Å². The number of ether oxygens (including phenoxy) is 2. The first-order valence-electron chi connectivity index (χ1n) is 9.50. The molecule has 4 aromatic rings. The lowest BCUT2D eigenvalue weighted by Gasteiger charge is -2.12. The molecule has 0 amide bonds. The summed E-state index contributed by atoms with van der Waals surface area (Å²) in [7, 11) is 0. The van der Waals surface area contributed by atoms with Crippen molar-refractivity contribution in [2.75, 3.05) is 12.0 Å². The molecule has 1 N–H and O–H groups in total. The van der Waals surface area contributed by atoms with Crippen LogP contribution in [0.1, 0.15) is 18.1 Å². The molecule has 0 aliphatic carbocycles. The maximum absolute atomic E-state index is 5.97. The molecule has 0 radical (unpaired) electrons. The van der Waals surface area contributed by atoms with E-state index in [9.17, 15) is 0 Å². The van der Waals surface area contributed by atoms with E-state index in [4.69, 9.17) is 9.47 Å². The summed E-state index contributed by atoms with van der Waals surface area (Å²) in [5.41, 5.74) is 5.96. The van der Waals surface area contributed by atoms with Crippen LogP contribution in [0.25, 0.3) is 10.2 Å². The minimum Gasteiger partial charge on any atom is -0.490 e. The molecule has 1 heterocycles. The van der Waals surface area contributed by atoms with Crippen molar-refractivity contribution in [2.45, 2.75) is 13.5 Å². The molecule has 0 aliphatic heterocycles.